The molecule has 0 bridgehead atoms. The van der Waals surface area contributed by atoms with Crippen LogP contribution in [0.4, 0.5) is 4.39 Å². The molecule has 0 spiro atoms. The van der Waals surface area contributed by atoms with Gasteiger partial charge in [0.1, 0.15) is 17.6 Å². The quantitative estimate of drug-likeness (QED) is 0.656. The molecule has 0 aromatic heterocycles. The van der Waals surface area contributed by atoms with E-state index in [0.29, 0.717) is 18.7 Å². The third-order valence-electron chi connectivity index (χ3n) is 5.78. The highest BCUT2D eigenvalue weighted by molar-refractivity contribution is 5.88. The lowest BCUT2D eigenvalue weighted by Crippen LogP contribution is -2.52. The van der Waals surface area contributed by atoms with Gasteiger partial charge in [0.15, 0.2) is 6.61 Å². The predicted molar refractivity (Wildman–Crippen MR) is 118 cm³/mol. The number of hydrogen-bond donors (Lipinski definition) is 1. The van der Waals surface area contributed by atoms with Gasteiger partial charge >= 0.3 is 0 Å². The Labute approximate surface area is 183 Å². The molecule has 0 heterocycles. The van der Waals surface area contributed by atoms with Crippen molar-refractivity contribution in [1.82, 2.24) is 10.2 Å². The zero-order valence-corrected chi connectivity index (χ0v) is 18.1. The molecule has 1 fully saturated rings. The van der Waals surface area contributed by atoms with E-state index in [1.807, 2.05) is 30.3 Å². The number of carbonyl (C=O) groups is 2. The maximum Gasteiger partial charge on any atom is 0.261 e. The number of benzene rings is 2. The molecular formula is C25H31FN2O3. The average Bonchev–Trinajstić information content (AvgIpc) is 2.80. The Hall–Kier alpha value is -2.89. The molecule has 1 unspecified atom stereocenters. The van der Waals surface area contributed by atoms with Gasteiger partial charge in [0.05, 0.1) is 0 Å². The van der Waals surface area contributed by atoms with Gasteiger partial charge in [0, 0.05) is 12.6 Å². The number of ether oxygens (including phenoxy) is 1. The fourth-order valence-corrected chi connectivity index (χ4v) is 3.90. The highest BCUT2D eigenvalue weighted by Gasteiger charge is 2.28. The van der Waals surface area contributed by atoms with Gasteiger partial charge in [0.25, 0.3) is 5.91 Å². The fraction of sp³-hybridized carbons (Fsp3) is 0.440. The zero-order chi connectivity index (χ0) is 22.1. The summed E-state index contributed by atoms with van der Waals surface area (Å²) in [7, 11) is 0. The third kappa shape index (κ3) is 7.09. The van der Waals surface area contributed by atoms with E-state index < -0.39 is 6.04 Å². The predicted octanol–water partition coefficient (Wildman–Crippen LogP) is 4.11. The topological polar surface area (TPSA) is 58.6 Å². The molecule has 1 atom stereocenters. The van der Waals surface area contributed by atoms with Crippen LogP contribution in [0.25, 0.3) is 0 Å². The van der Waals surface area contributed by atoms with Crippen molar-refractivity contribution >= 4 is 11.8 Å². The Bertz CT molecular complexity index is 836. The lowest BCUT2D eigenvalue weighted by Gasteiger charge is -2.31. The minimum absolute atomic E-state index is 0.130. The molecule has 0 saturated heterocycles. The van der Waals surface area contributed by atoms with E-state index >= 15 is 0 Å². The van der Waals surface area contributed by atoms with Crippen LogP contribution in [0, 0.1) is 5.82 Å². The van der Waals surface area contributed by atoms with Crippen LogP contribution in [0.3, 0.4) is 0 Å². The monoisotopic (exact) mass is 426 g/mol. The summed E-state index contributed by atoms with van der Waals surface area (Å²) in [5.74, 6) is -0.352. The molecule has 2 amide bonds. The Morgan fingerprint density at radius 3 is 2.42 bits per heavy atom. The summed E-state index contributed by atoms with van der Waals surface area (Å²) < 4.78 is 18.6. The maximum atomic E-state index is 13.1. The van der Waals surface area contributed by atoms with E-state index in [1.54, 1.807) is 11.8 Å². The van der Waals surface area contributed by atoms with Gasteiger partial charge in [-0.1, -0.05) is 49.6 Å². The number of amides is 2. The third-order valence-corrected chi connectivity index (χ3v) is 5.78. The molecule has 2 aromatic carbocycles. The number of nitrogens with one attached hydrogen (secondary N) is 1. The molecule has 0 aliphatic heterocycles. The van der Waals surface area contributed by atoms with Crippen LogP contribution >= 0.6 is 0 Å². The number of hydrogen-bond acceptors (Lipinski definition) is 3. The van der Waals surface area contributed by atoms with Crippen LogP contribution in [0.15, 0.2) is 54.6 Å². The van der Waals surface area contributed by atoms with Crippen molar-refractivity contribution < 1.29 is 18.7 Å². The summed E-state index contributed by atoms with van der Waals surface area (Å²) in [4.78, 5) is 27.5. The van der Waals surface area contributed by atoms with Gasteiger partial charge < -0.3 is 15.0 Å². The first-order valence-corrected chi connectivity index (χ1v) is 11.0. The Morgan fingerprint density at radius 2 is 1.74 bits per heavy atom. The molecule has 2 aromatic rings. The van der Waals surface area contributed by atoms with Gasteiger partial charge in [-0.2, -0.15) is 0 Å². The lowest BCUT2D eigenvalue weighted by atomic mass is 9.95. The minimum atomic E-state index is -0.602. The van der Waals surface area contributed by atoms with E-state index in [4.69, 9.17) is 4.74 Å². The second kappa shape index (κ2) is 11.5. The van der Waals surface area contributed by atoms with Crippen LogP contribution in [-0.2, 0) is 16.0 Å². The Morgan fingerprint density at radius 1 is 1.06 bits per heavy atom. The number of halogens is 1. The maximum absolute atomic E-state index is 13.1. The van der Waals surface area contributed by atoms with E-state index in [0.717, 1.165) is 31.2 Å². The lowest BCUT2D eigenvalue weighted by molar-refractivity contribution is -0.141. The van der Waals surface area contributed by atoms with Gasteiger partial charge in [-0.3, -0.25) is 9.59 Å². The molecule has 1 N–H and O–H groups in total. The first-order valence-electron chi connectivity index (χ1n) is 11.0. The molecule has 166 valence electrons. The Kier molecular flexibility index (Phi) is 8.44. The summed E-state index contributed by atoms with van der Waals surface area (Å²) in [6.45, 7) is 1.97. The second-order valence-electron chi connectivity index (χ2n) is 8.08. The van der Waals surface area contributed by atoms with Crippen LogP contribution < -0.4 is 10.1 Å². The zero-order valence-electron chi connectivity index (χ0n) is 18.1. The SMILES string of the molecule is CC(C(=O)NC1CCCCC1)N(CCc1ccccc1)C(=O)COc1ccc(F)cc1. The fourth-order valence-electron chi connectivity index (χ4n) is 3.90. The average molecular weight is 427 g/mol. The highest BCUT2D eigenvalue weighted by Crippen LogP contribution is 2.18. The van der Waals surface area contributed by atoms with Crippen molar-refractivity contribution in [2.24, 2.45) is 0 Å². The van der Waals surface area contributed by atoms with Crippen molar-refractivity contribution in [1.29, 1.82) is 0 Å². The summed E-state index contributed by atoms with van der Waals surface area (Å²) in [6, 6.07) is 15.0. The largest absolute Gasteiger partial charge is 0.484 e. The van der Waals surface area contributed by atoms with Gasteiger partial charge in [-0.05, 0) is 56.0 Å². The first-order chi connectivity index (χ1) is 15.0. The van der Waals surface area contributed by atoms with Gasteiger partial charge in [0.2, 0.25) is 5.91 Å². The van der Waals surface area contributed by atoms with Crippen molar-refractivity contribution in [2.75, 3.05) is 13.2 Å². The second-order valence-corrected chi connectivity index (χ2v) is 8.08. The van der Waals surface area contributed by atoms with Crippen LogP contribution in [0.2, 0.25) is 0 Å². The molecule has 31 heavy (non-hydrogen) atoms. The van der Waals surface area contributed by atoms with Crippen LogP contribution in [-0.4, -0.2) is 41.9 Å². The molecule has 6 heteroatoms. The van der Waals surface area contributed by atoms with Gasteiger partial charge in [-0.15, -0.1) is 0 Å². The normalized spacial score (nSPS) is 15.2. The molecule has 5 nitrogen and oxygen atoms in total. The van der Waals surface area contributed by atoms with Gasteiger partial charge in [-0.25, -0.2) is 4.39 Å². The summed E-state index contributed by atoms with van der Waals surface area (Å²) in [5, 5.41) is 3.12. The van der Waals surface area contributed by atoms with Crippen molar-refractivity contribution in [3.05, 3.63) is 66.0 Å². The summed E-state index contributed by atoms with van der Waals surface area (Å²) >= 11 is 0. The summed E-state index contributed by atoms with van der Waals surface area (Å²) in [5.41, 5.74) is 1.10. The van der Waals surface area contributed by atoms with E-state index in [1.165, 1.54) is 30.7 Å². The van der Waals surface area contributed by atoms with E-state index in [9.17, 15) is 14.0 Å². The van der Waals surface area contributed by atoms with Crippen LogP contribution in [0.5, 0.6) is 5.75 Å². The molecule has 1 saturated carbocycles. The van der Waals surface area contributed by atoms with E-state index in [-0.39, 0.29) is 30.3 Å². The number of carbonyl (C=O) groups excluding carboxylic acids is 2. The highest BCUT2D eigenvalue weighted by atomic mass is 19.1. The molecule has 1 aliphatic carbocycles. The van der Waals surface area contributed by atoms with Crippen molar-refractivity contribution in [2.45, 2.75) is 57.5 Å². The minimum Gasteiger partial charge on any atom is -0.484 e. The number of nitrogens with zero attached hydrogens (tertiary/aromatic N) is 1. The molecule has 3 rings (SSSR count). The smallest absolute Gasteiger partial charge is 0.261 e. The summed E-state index contributed by atoms with van der Waals surface area (Å²) in [6.07, 6.45) is 6.09. The van der Waals surface area contributed by atoms with Crippen LogP contribution in [0.1, 0.15) is 44.6 Å². The standard InChI is InChI=1S/C25H31FN2O3/c1-19(25(30)27-22-10-6-3-7-11-22)28(17-16-20-8-4-2-5-9-20)24(29)18-31-23-14-12-21(26)13-15-23/h2,4-5,8-9,12-15,19,22H,3,6-7,10-11,16-18H2,1H3,(H,27,30). The Balaban J connectivity index is 1.63. The molecular weight excluding hydrogens is 395 g/mol. The van der Waals surface area contributed by atoms with Crippen molar-refractivity contribution in [3.8, 4) is 5.75 Å². The molecule has 0 radical (unpaired) electrons. The molecule has 1 aliphatic rings. The van der Waals surface area contributed by atoms with Crippen molar-refractivity contribution in [3.63, 3.8) is 0 Å². The number of rotatable bonds is 9. The first kappa shape index (κ1) is 22.8. The van der Waals surface area contributed by atoms with E-state index in [2.05, 4.69) is 5.32 Å².